The summed E-state index contributed by atoms with van der Waals surface area (Å²) in [4.78, 5) is 10.5. The van der Waals surface area contributed by atoms with Crippen LogP contribution in [0.1, 0.15) is 26.2 Å². The number of carbonyl (C=O) groups excluding carboxylic acids is 1. The highest BCUT2D eigenvalue weighted by Crippen LogP contribution is 2.19. The number of alkyl halides is 3. The van der Waals surface area contributed by atoms with E-state index in [1.54, 1.807) is 12.2 Å². The summed E-state index contributed by atoms with van der Waals surface area (Å²) in [7, 11) is 0. The van der Waals surface area contributed by atoms with E-state index >= 15 is 0 Å². The molecule has 14 heavy (non-hydrogen) atoms. The average Bonchev–Trinajstić information content (AvgIpc) is 2.02. The third kappa shape index (κ3) is 3.17. The van der Waals surface area contributed by atoms with Gasteiger partial charge in [0.15, 0.2) is 0 Å². The van der Waals surface area contributed by atoms with Crippen LogP contribution >= 0.6 is 0 Å². The van der Waals surface area contributed by atoms with Gasteiger partial charge in [-0.1, -0.05) is 0 Å². The SMILES string of the molecule is CC1CCCC(NC(=O)C(F)(F)F)O1. The van der Waals surface area contributed by atoms with Crippen LogP contribution in [0.25, 0.3) is 0 Å². The normalized spacial score (nSPS) is 28.6. The predicted molar refractivity (Wildman–Crippen MR) is 42.4 cm³/mol. The molecule has 1 heterocycles. The standard InChI is InChI=1S/C8H12F3NO2/c1-5-3-2-4-6(14-5)12-7(13)8(9,10)11/h5-6H,2-4H2,1H3,(H,12,13). The molecule has 1 fully saturated rings. The Hall–Kier alpha value is -0.780. The number of ether oxygens (including phenoxy) is 1. The zero-order chi connectivity index (χ0) is 10.8. The van der Waals surface area contributed by atoms with Crippen LogP contribution in [0.15, 0.2) is 0 Å². The maximum Gasteiger partial charge on any atom is 0.471 e. The minimum absolute atomic E-state index is 0.0951. The van der Waals surface area contributed by atoms with Gasteiger partial charge in [0.1, 0.15) is 6.23 Å². The highest BCUT2D eigenvalue weighted by Gasteiger charge is 2.40. The molecule has 0 saturated carbocycles. The fraction of sp³-hybridized carbons (Fsp3) is 0.875. The Morgan fingerprint density at radius 3 is 2.57 bits per heavy atom. The van der Waals surface area contributed by atoms with Crippen LogP contribution in [0.5, 0.6) is 0 Å². The zero-order valence-corrected chi connectivity index (χ0v) is 7.73. The van der Waals surface area contributed by atoms with E-state index in [0.717, 1.165) is 12.8 Å². The van der Waals surface area contributed by atoms with Crippen LogP contribution in [0.4, 0.5) is 13.2 Å². The third-order valence-corrected chi connectivity index (χ3v) is 2.02. The van der Waals surface area contributed by atoms with E-state index in [-0.39, 0.29) is 6.10 Å². The highest BCUT2D eigenvalue weighted by atomic mass is 19.4. The summed E-state index contributed by atoms with van der Waals surface area (Å²) in [6.45, 7) is 1.77. The molecule has 2 atom stereocenters. The molecule has 6 heteroatoms. The maximum atomic E-state index is 11.8. The molecule has 1 N–H and O–H groups in total. The van der Waals surface area contributed by atoms with Gasteiger partial charge in [0.2, 0.25) is 0 Å². The van der Waals surface area contributed by atoms with Gasteiger partial charge in [0.25, 0.3) is 0 Å². The molecule has 82 valence electrons. The Balaban J connectivity index is 2.40. The summed E-state index contributed by atoms with van der Waals surface area (Å²) in [6.07, 6.45) is -3.70. The molecule has 1 aliphatic heterocycles. The molecule has 2 unspecified atom stereocenters. The van der Waals surface area contributed by atoms with E-state index in [4.69, 9.17) is 4.74 Å². The molecule has 0 aromatic heterocycles. The molecule has 1 aliphatic rings. The minimum Gasteiger partial charge on any atom is -0.356 e. The van der Waals surface area contributed by atoms with Crippen molar-refractivity contribution in [1.82, 2.24) is 5.32 Å². The van der Waals surface area contributed by atoms with E-state index in [1.165, 1.54) is 0 Å². The molecule has 0 spiro atoms. The van der Waals surface area contributed by atoms with Crippen molar-refractivity contribution >= 4 is 5.91 Å². The Bertz CT molecular complexity index is 217. The van der Waals surface area contributed by atoms with Crippen molar-refractivity contribution in [2.45, 2.75) is 44.7 Å². The molecule has 1 saturated heterocycles. The van der Waals surface area contributed by atoms with Crippen molar-refractivity contribution in [3.63, 3.8) is 0 Å². The summed E-state index contributed by atoms with van der Waals surface area (Å²) in [5.74, 6) is -1.93. The molecule has 0 radical (unpaired) electrons. The lowest BCUT2D eigenvalue weighted by atomic mass is 10.1. The van der Waals surface area contributed by atoms with Gasteiger partial charge in [-0.3, -0.25) is 4.79 Å². The molecule has 0 aromatic carbocycles. The third-order valence-electron chi connectivity index (χ3n) is 2.02. The molecule has 0 bridgehead atoms. The molecular formula is C8H12F3NO2. The Morgan fingerprint density at radius 2 is 2.07 bits per heavy atom. The zero-order valence-electron chi connectivity index (χ0n) is 7.73. The van der Waals surface area contributed by atoms with Crippen molar-refractivity contribution < 1.29 is 22.7 Å². The lowest BCUT2D eigenvalue weighted by molar-refractivity contribution is -0.180. The number of rotatable bonds is 1. The Morgan fingerprint density at radius 1 is 1.43 bits per heavy atom. The van der Waals surface area contributed by atoms with Crippen LogP contribution in [-0.4, -0.2) is 24.4 Å². The number of carbonyl (C=O) groups is 1. The topological polar surface area (TPSA) is 38.3 Å². The second-order valence-electron chi connectivity index (χ2n) is 3.34. The first-order valence-electron chi connectivity index (χ1n) is 4.42. The second kappa shape index (κ2) is 4.16. The number of hydrogen-bond donors (Lipinski definition) is 1. The van der Waals surface area contributed by atoms with Crippen LogP contribution < -0.4 is 5.32 Å². The van der Waals surface area contributed by atoms with E-state index < -0.39 is 18.3 Å². The van der Waals surface area contributed by atoms with Crippen molar-refractivity contribution in [1.29, 1.82) is 0 Å². The van der Waals surface area contributed by atoms with Gasteiger partial charge in [-0.15, -0.1) is 0 Å². The van der Waals surface area contributed by atoms with Crippen LogP contribution in [-0.2, 0) is 9.53 Å². The van der Waals surface area contributed by atoms with Crippen LogP contribution in [0.3, 0.4) is 0 Å². The number of amides is 1. The van der Waals surface area contributed by atoms with Crippen LogP contribution in [0.2, 0.25) is 0 Å². The largest absolute Gasteiger partial charge is 0.471 e. The maximum absolute atomic E-state index is 11.8. The summed E-state index contributed by atoms with van der Waals surface area (Å²) in [5.41, 5.74) is 0. The number of halogens is 3. The molecule has 0 aromatic rings. The predicted octanol–water partition coefficient (Wildman–Crippen LogP) is 1.58. The highest BCUT2D eigenvalue weighted by molar-refractivity contribution is 5.81. The summed E-state index contributed by atoms with van der Waals surface area (Å²) in [5, 5.41) is 1.80. The van der Waals surface area contributed by atoms with Crippen molar-refractivity contribution in [3.8, 4) is 0 Å². The fourth-order valence-electron chi connectivity index (χ4n) is 1.34. The van der Waals surface area contributed by atoms with E-state index in [9.17, 15) is 18.0 Å². The lowest BCUT2D eigenvalue weighted by Gasteiger charge is -2.28. The van der Waals surface area contributed by atoms with Gasteiger partial charge >= 0.3 is 12.1 Å². The fourth-order valence-corrected chi connectivity index (χ4v) is 1.34. The number of hydrogen-bond acceptors (Lipinski definition) is 2. The smallest absolute Gasteiger partial charge is 0.356 e. The van der Waals surface area contributed by atoms with Gasteiger partial charge in [-0.2, -0.15) is 13.2 Å². The van der Waals surface area contributed by atoms with Gasteiger partial charge in [0, 0.05) is 0 Å². The van der Waals surface area contributed by atoms with Crippen LogP contribution in [0, 0.1) is 0 Å². The second-order valence-corrected chi connectivity index (χ2v) is 3.34. The Kier molecular flexibility index (Phi) is 3.36. The Labute approximate surface area is 79.6 Å². The summed E-state index contributed by atoms with van der Waals surface area (Å²) in [6, 6.07) is 0. The van der Waals surface area contributed by atoms with E-state index in [2.05, 4.69) is 0 Å². The van der Waals surface area contributed by atoms with Gasteiger partial charge in [-0.25, -0.2) is 0 Å². The first kappa shape index (κ1) is 11.3. The minimum atomic E-state index is -4.83. The molecule has 0 aliphatic carbocycles. The summed E-state index contributed by atoms with van der Waals surface area (Å²) < 4.78 is 40.6. The summed E-state index contributed by atoms with van der Waals surface area (Å²) >= 11 is 0. The van der Waals surface area contributed by atoms with Gasteiger partial charge in [-0.05, 0) is 26.2 Å². The van der Waals surface area contributed by atoms with Gasteiger partial charge in [0.05, 0.1) is 6.10 Å². The van der Waals surface area contributed by atoms with Crippen molar-refractivity contribution in [3.05, 3.63) is 0 Å². The van der Waals surface area contributed by atoms with Crippen molar-refractivity contribution in [2.24, 2.45) is 0 Å². The first-order chi connectivity index (χ1) is 6.39. The monoisotopic (exact) mass is 211 g/mol. The first-order valence-corrected chi connectivity index (χ1v) is 4.42. The molecule has 1 amide bonds. The average molecular weight is 211 g/mol. The number of nitrogens with one attached hydrogen (secondary N) is 1. The molecule has 1 rings (SSSR count). The van der Waals surface area contributed by atoms with Crippen molar-refractivity contribution in [2.75, 3.05) is 0 Å². The molecule has 3 nitrogen and oxygen atoms in total. The quantitative estimate of drug-likeness (QED) is 0.715. The van der Waals surface area contributed by atoms with E-state index in [0.29, 0.717) is 6.42 Å². The molecular weight excluding hydrogens is 199 g/mol. The van der Waals surface area contributed by atoms with E-state index in [1.807, 2.05) is 0 Å². The lowest BCUT2D eigenvalue weighted by Crippen LogP contribution is -2.46. The van der Waals surface area contributed by atoms with Gasteiger partial charge < -0.3 is 10.1 Å².